The van der Waals surface area contributed by atoms with Crippen LogP contribution in [0.2, 0.25) is 0 Å². The minimum Gasteiger partial charge on any atom is -0.455 e. The molecule has 0 bridgehead atoms. The van der Waals surface area contributed by atoms with E-state index in [-0.39, 0.29) is 47.6 Å². The summed E-state index contributed by atoms with van der Waals surface area (Å²) in [5.74, 6) is -0.146. The van der Waals surface area contributed by atoms with Crippen LogP contribution in [0.15, 0.2) is 11.6 Å². The van der Waals surface area contributed by atoms with E-state index in [9.17, 15) is 14.4 Å². The fourth-order valence-corrected chi connectivity index (χ4v) is 5.63. The van der Waals surface area contributed by atoms with Gasteiger partial charge in [-0.25, -0.2) is 4.98 Å². The molecule has 2 rings (SSSR count). The lowest BCUT2D eigenvalue weighted by Gasteiger charge is -2.38. The Bertz CT molecular complexity index is 860. The standard InChI is InChI=1S/C28H48N4O4S/c1-9-20(6)25(30-26(34)21-12-10-11-14-31(21)7)28(35)32(8)22(19(4)5)17-23(27-29-13-15-37-27)36-24(33)16-18(2)3/h13,15,18-23,25H,9-12,14,16-17H2,1-8H3,(H,30,34)/t20-,21+,22+,23+,25-/m0/s1. The topological polar surface area (TPSA) is 91.8 Å². The Balaban J connectivity index is 2.23. The number of hydrogen-bond donors (Lipinski definition) is 1. The Kier molecular flexibility index (Phi) is 12.5. The van der Waals surface area contributed by atoms with E-state index in [0.29, 0.717) is 12.8 Å². The van der Waals surface area contributed by atoms with Gasteiger partial charge in [-0.2, -0.15) is 0 Å². The molecule has 2 amide bonds. The Hall–Kier alpha value is -2.00. The highest BCUT2D eigenvalue weighted by molar-refractivity contribution is 7.09. The second-order valence-electron chi connectivity index (χ2n) is 11.3. The highest BCUT2D eigenvalue weighted by atomic mass is 32.1. The summed E-state index contributed by atoms with van der Waals surface area (Å²) < 4.78 is 5.90. The van der Waals surface area contributed by atoms with Crippen molar-refractivity contribution in [3.8, 4) is 0 Å². The Morgan fingerprint density at radius 2 is 1.92 bits per heavy atom. The summed E-state index contributed by atoms with van der Waals surface area (Å²) in [5.41, 5.74) is 0. The van der Waals surface area contributed by atoms with Crippen molar-refractivity contribution in [3.05, 3.63) is 16.6 Å². The molecule has 210 valence electrons. The number of ether oxygens (including phenoxy) is 1. The molecule has 0 unspecified atom stereocenters. The summed E-state index contributed by atoms with van der Waals surface area (Å²) >= 11 is 1.45. The van der Waals surface area contributed by atoms with Crippen molar-refractivity contribution in [2.75, 3.05) is 20.6 Å². The Labute approximate surface area is 227 Å². The molecular weight excluding hydrogens is 488 g/mol. The van der Waals surface area contributed by atoms with Crippen LogP contribution in [-0.4, -0.2) is 71.3 Å². The summed E-state index contributed by atoms with van der Waals surface area (Å²) in [5, 5.41) is 5.71. The number of piperidine rings is 1. The molecule has 5 atom stereocenters. The van der Waals surface area contributed by atoms with Gasteiger partial charge in [-0.05, 0) is 44.2 Å². The van der Waals surface area contributed by atoms with E-state index in [1.807, 2.05) is 40.1 Å². The predicted molar refractivity (Wildman–Crippen MR) is 148 cm³/mol. The van der Waals surface area contributed by atoms with Gasteiger partial charge in [0, 0.05) is 37.5 Å². The van der Waals surface area contributed by atoms with E-state index in [1.54, 1.807) is 18.1 Å². The summed E-state index contributed by atoms with van der Waals surface area (Å²) in [6.07, 6.45) is 5.66. The minimum absolute atomic E-state index is 0.0146. The maximum atomic E-state index is 13.9. The molecule has 0 spiro atoms. The monoisotopic (exact) mass is 536 g/mol. The zero-order chi connectivity index (χ0) is 27.7. The molecule has 1 aliphatic heterocycles. The highest BCUT2D eigenvalue weighted by Crippen LogP contribution is 2.30. The van der Waals surface area contributed by atoms with Crippen LogP contribution < -0.4 is 5.32 Å². The third kappa shape index (κ3) is 9.06. The van der Waals surface area contributed by atoms with Crippen LogP contribution in [0.3, 0.4) is 0 Å². The lowest BCUT2D eigenvalue weighted by molar-refractivity contribution is -0.152. The summed E-state index contributed by atoms with van der Waals surface area (Å²) in [6, 6.07) is -1.01. The average Bonchev–Trinajstić information content (AvgIpc) is 3.38. The van der Waals surface area contributed by atoms with Gasteiger partial charge in [0.25, 0.3) is 0 Å². The van der Waals surface area contributed by atoms with Crippen LogP contribution in [-0.2, 0) is 19.1 Å². The van der Waals surface area contributed by atoms with Crippen molar-refractivity contribution in [2.45, 2.75) is 104 Å². The summed E-state index contributed by atoms with van der Waals surface area (Å²) in [4.78, 5) is 48.0. The first-order valence-electron chi connectivity index (χ1n) is 13.8. The molecular formula is C28H48N4O4S. The van der Waals surface area contributed by atoms with Crippen molar-refractivity contribution < 1.29 is 19.1 Å². The number of amides is 2. The average molecular weight is 537 g/mol. The number of thiazole rings is 1. The molecule has 1 N–H and O–H groups in total. The SMILES string of the molecule is CC[C@H](C)[C@H](NC(=O)[C@H]1CCCCN1C)C(=O)N(C)[C@H](C[C@@H](OC(=O)CC(C)C)c1nccs1)C(C)C. The molecule has 0 radical (unpaired) electrons. The van der Waals surface area contributed by atoms with E-state index in [4.69, 9.17) is 4.74 Å². The molecule has 8 nitrogen and oxygen atoms in total. The van der Waals surface area contributed by atoms with Crippen LogP contribution in [0.4, 0.5) is 0 Å². The number of carbonyl (C=O) groups excluding carboxylic acids is 3. The fraction of sp³-hybridized carbons (Fsp3) is 0.786. The molecule has 1 aromatic rings. The minimum atomic E-state index is -0.610. The number of rotatable bonds is 13. The highest BCUT2D eigenvalue weighted by Gasteiger charge is 2.37. The van der Waals surface area contributed by atoms with Crippen LogP contribution in [0, 0.1) is 17.8 Å². The number of esters is 1. The zero-order valence-electron chi connectivity index (χ0n) is 24.0. The quantitative estimate of drug-likeness (QED) is 0.369. The molecule has 2 heterocycles. The number of nitrogens with zero attached hydrogens (tertiary/aromatic N) is 3. The van der Waals surface area contributed by atoms with Crippen molar-refractivity contribution in [1.29, 1.82) is 0 Å². The number of carbonyl (C=O) groups is 3. The molecule has 0 saturated carbocycles. The smallest absolute Gasteiger partial charge is 0.306 e. The maximum absolute atomic E-state index is 13.9. The first kappa shape index (κ1) is 31.2. The molecule has 1 fully saturated rings. The third-order valence-electron chi connectivity index (χ3n) is 7.50. The van der Waals surface area contributed by atoms with Crippen molar-refractivity contribution in [1.82, 2.24) is 20.1 Å². The van der Waals surface area contributed by atoms with Crippen molar-refractivity contribution in [3.63, 3.8) is 0 Å². The van der Waals surface area contributed by atoms with E-state index in [2.05, 4.69) is 29.0 Å². The third-order valence-corrected chi connectivity index (χ3v) is 8.36. The van der Waals surface area contributed by atoms with Gasteiger partial charge < -0.3 is 15.0 Å². The molecule has 0 aromatic carbocycles. The molecule has 9 heteroatoms. The van der Waals surface area contributed by atoms with Gasteiger partial charge in [0.05, 0.1) is 6.04 Å². The number of nitrogens with one attached hydrogen (secondary N) is 1. The number of hydrogen-bond acceptors (Lipinski definition) is 7. The number of likely N-dealkylation sites (tertiary alicyclic amines) is 1. The molecule has 1 saturated heterocycles. The second-order valence-corrected chi connectivity index (χ2v) is 12.2. The molecule has 37 heavy (non-hydrogen) atoms. The normalized spacial score (nSPS) is 19.8. The van der Waals surface area contributed by atoms with Gasteiger partial charge in [-0.1, -0.05) is 54.4 Å². The van der Waals surface area contributed by atoms with E-state index >= 15 is 0 Å². The van der Waals surface area contributed by atoms with E-state index < -0.39 is 12.1 Å². The molecule has 0 aliphatic carbocycles. The van der Waals surface area contributed by atoms with Crippen molar-refractivity contribution >= 4 is 29.1 Å². The lowest BCUT2D eigenvalue weighted by Crippen LogP contribution is -2.58. The molecule has 1 aromatic heterocycles. The van der Waals surface area contributed by atoms with Crippen molar-refractivity contribution in [2.24, 2.45) is 17.8 Å². The van der Waals surface area contributed by atoms with Gasteiger partial charge in [-0.3, -0.25) is 19.3 Å². The van der Waals surface area contributed by atoms with Gasteiger partial charge in [0.15, 0.2) is 6.10 Å². The van der Waals surface area contributed by atoms with E-state index in [1.165, 1.54) is 11.3 Å². The van der Waals surface area contributed by atoms with E-state index in [0.717, 1.165) is 37.2 Å². The largest absolute Gasteiger partial charge is 0.455 e. The molecule has 1 aliphatic rings. The van der Waals surface area contributed by atoms with Crippen LogP contribution in [0.5, 0.6) is 0 Å². The Morgan fingerprint density at radius 3 is 2.46 bits per heavy atom. The first-order chi connectivity index (χ1) is 17.5. The van der Waals surface area contributed by atoms with Gasteiger partial charge in [-0.15, -0.1) is 11.3 Å². The Morgan fingerprint density at radius 1 is 1.22 bits per heavy atom. The maximum Gasteiger partial charge on any atom is 0.306 e. The summed E-state index contributed by atoms with van der Waals surface area (Å²) in [7, 11) is 3.78. The zero-order valence-corrected chi connectivity index (χ0v) is 24.8. The van der Waals surface area contributed by atoms with Gasteiger partial charge in [0.1, 0.15) is 11.0 Å². The summed E-state index contributed by atoms with van der Waals surface area (Å²) in [6.45, 7) is 13.0. The second kappa shape index (κ2) is 14.8. The first-order valence-corrected chi connectivity index (χ1v) is 14.7. The van der Waals surface area contributed by atoms with Crippen LogP contribution >= 0.6 is 11.3 Å². The van der Waals surface area contributed by atoms with Gasteiger partial charge in [0.2, 0.25) is 11.8 Å². The number of aromatic nitrogens is 1. The van der Waals surface area contributed by atoms with Crippen LogP contribution in [0.25, 0.3) is 0 Å². The fourth-order valence-electron chi connectivity index (χ4n) is 4.95. The van der Waals surface area contributed by atoms with Crippen LogP contribution in [0.1, 0.15) is 91.2 Å². The lowest BCUT2D eigenvalue weighted by atomic mass is 9.92. The van der Waals surface area contributed by atoms with Gasteiger partial charge >= 0.3 is 5.97 Å². The number of likely N-dealkylation sites (N-methyl/N-ethyl adjacent to an activating group) is 2. The predicted octanol–water partition coefficient (Wildman–Crippen LogP) is 4.66.